The Balaban J connectivity index is 1.70. The lowest BCUT2D eigenvalue weighted by atomic mass is 10.3. The Labute approximate surface area is 145 Å². The molecule has 2 rings (SSSR count). The number of esters is 1. The summed E-state index contributed by atoms with van der Waals surface area (Å²) in [4.78, 5) is 23.6. The molecule has 1 N–H and O–H groups in total. The highest BCUT2D eigenvalue weighted by Gasteiger charge is 2.18. The lowest BCUT2D eigenvalue weighted by Crippen LogP contribution is -2.36. The van der Waals surface area contributed by atoms with Gasteiger partial charge in [-0.2, -0.15) is 0 Å². The number of nitrogens with one attached hydrogen (secondary N) is 1. The van der Waals surface area contributed by atoms with Crippen molar-refractivity contribution in [2.75, 3.05) is 13.2 Å². The van der Waals surface area contributed by atoms with Crippen LogP contribution < -0.4 is 14.8 Å². The second-order valence-corrected chi connectivity index (χ2v) is 5.12. The van der Waals surface area contributed by atoms with Crippen LogP contribution in [0.1, 0.15) is 19.6 Å². The minimum atomic E-state index is -0.925. The van der Waals surface area contributed by atoms with E-state index in [2.05, 4.69) is 5.32 Å². The Bertz CT molecular complexity index is 665. The van der Waals surface area contributed by atoms with Crippen molar-refractivity contribution in [3.63, 3.8) is 0 Å². The SMILES string of the molecule is CCOc1ccc(OCC(=O)O[C@@H](C)C(=O)NCc2ccco2)cc1. The van der Waals surface area contributed by atoms with E-state index >= 15 is 0 Å². The van der Waals surface area contributed by atoms with Gasteiger partial charge in [-0.15, -0.1) is 0 Å². The number of amides is 1. The molecule has 0 fully saturated rings. The molecule has 1 aromatic carbocycles. The second kappa shape index (κ2) is 9.36. The standard InChI is InChI=1S/C18H21NO6/c1-3-22-14-6-8-15(9-7-14)24-12-17(20)25-13(2)18(21)19-11-16-5-4-10-23-16/h4-10,13H,3,11-12H2,1-2H3,(H,19,21)/t13-/m0/s1. The monoisotopic (exact) mass is 347 g/mol. The first kappa shape index (κ1) is 18.4. The molecule has 0 spiro atoms. The van der Waals surface area contributed by atoms with Crippen molar-refractivity contribution in [2.45, 2.75) is 26.5 Å². The molecular formula is C18H21NO6. The number of carbonyl (C=O) groups excluding carboxylic acids is 2. The Hall–Kier alpha value is -2.96. The normalized spacial score (nSPS) is 11.4. The minimum Gasteiger partial charge on any atom is -0.494 e. The van der Waals surface area contributed by atoms with Gasteiger partial charge in [0.15, 0.2) is 12.7 Å². The Morgan fingerprint density at radius 1 is 1.12 bits per heavy atom. The van der Waals surface area contributed by atoms with E-state index in [1.54, 1.807) is 36.4 Å². The molecule has 1 aromatic heterocycles. The van der Waals surface area contributed by atoms with E-state index in [1.165, 1.54) is 13.2 Å². The lowest BCUT2D eigenvalue weighted by molar-refractivity contribution is -0.156. The fourth-order valence-corrected chi connectivity index (χ4v) is 1.96. The quantitative estimate of drug-likeness (QED) is 0.701. The molecule has 0 saturated heterocycles. The molecular weight excluding hydrogens is 326 g/mol. The molecule has 7 heteroatoms. The minimum absolute atomic E-state index is 0.233. The summed E-state index contributed by atoms with van der Waals surface area (Å²) in [6, 6.07) is 10.3. The zero-order valence-corrected chi connectivity index (χ0v) is 14.2. The molecule has 1 atom stereocenters. The van der Waals surface area contributed by atoms with Crippen LogP contribution >= 0.6 is 0 Å². The van der Waals surface area contributed by atoms with Crippen molar-refractivity contribution >= 4 is 11.9 Å². The smallest absolute Gasteiger partial charge is 0.344 e. The summed E-state index contributed by atoms with van der Waals surface area (Å²) in [7, 11) is 0. The van der Waals surface area contributed by atoms with Crippen molar-refractivity contribution < 1.29 is 28.2 Å². The Morgan fingerprint density at radius 3 is 2.40 bits per heavy atom. The first-order chi connectivity index (χ1) is 12.1. The van der Waals surface area contributed by atoms with E-state index in [9.17, 15) is 9.59 Å². The molecule has 0 aliphatic rings. The molecule has 0 aliphatic heterocycles. The maximum absolute atomic E-state index is 11.9. The molecule has 1 amide bonds. The fourth-order valence-electron chi connectivity index (χ4n) is 1.96. The van der Waals surface area contributed by atoms with Crippen LogP contribution in [0.2, 0.25) is 0 Å². The lowest BCUT2D eigenvalue weighted by Gasteiger charge is -2.13. The van der Waals surface area contributed by atoms with Crippen LogP contribution in [0.15, 0.2) is 47.1 Å². The van der Waals surface area contributed by atoms with Crippen molar-refractivity contribution in [3.05, 3.63) is 48.4 Å². The van der Waals surface area contributed by atoms with Crippen molar-refractivity contribution in [1.82, 2.24) is 5.32 Å². The zero-order valence-electron chi connectivity index (χ0n) is 14.2. The largest absolute Gasteiger partial charge is 0.494 e. The molecule has 0 aliphatic carbocycles. The van der Waals surface area contributed by atoms with E-state index in [1.807, 2.05) is 6.92 Å². The summed E-state index contributed by atoms with van der Waals surface area (Å²) in [6.45, 7) is 3.91. The van der Waals surface area contributed by atoms with E-state index in [0.29, 0.717) is 18.1 Å². The van der Waals surface area contributed by atoms with E-state index in [4.69, 9.17) is 18.6 Å². The van der Waals surface area contributed by atoms with Crippen molar-refractivity contribution in [3.8, 4) is 11.5 Å². The Morgan fingerprint density at radius 2 is 1.80 bits per heavy atom. The molecule has 7 nitrogen and oxygen atoms in total. The molecule has 0 unspecified atom stereocenters. The second-order valence-electron chi connectivity index (χ2n) is 5.12. The number of rotatable bonds is 9. The number of furan rings is 1. The van der Waals surface area contributed by atoms with Crippen LogP contribution in [-0.2, 0) is 20.9 Å². The van der Waals surface area contributed by atoms with E-state index < -0.39 is 18.0 Å². The maximum atomic E-state index is 11.9. The summed E-state index contributed by atoms with van der Waals surface area (Å²) in [5, 5.41) is 2.62. The molecule has 0 radical (unpaired) electrons. The Kier molecular flexibility index (Phi) is 6.88. The summed E-state index contributed by atoms with van der Waals surface area (Å²) in [6.07, 6.45) is 0.592. The van der Waals surface area contributed by atoms with Crippen molar-refractivity contribution in [2.24, 2.45) is 0 Å². The molecule has 0 bridgehead atoms. The van der Waals surface area contributed by atoms with Gasteiger partial charge in [-0.05, 0) is 50.2 Å². The average Bonchev–Trinajstić information content (AvgIpc) is 3.13. The van der Waals surface area contributed by atoms with E-state index in [0.717, 1.165) is 5.75 Å². The molecule has 1 heterocycles. The zero-order chi connectivity index (χ0) is 18.1. The number of benzene rings is 1. The molecule has 2 aromatic rings. The van der Waals surface area contributed by atoms with Gasteiger partial charge in [0, 0.05) is 0 Å². The van der Waals surface area contributed by atoms with Gasteiger partial charge in [-0.3, -0.25) is 4.79 Å². The summed E-state index contributed by atoms with van der Waals surface area (Å²) < 4.78 is 20.8. The van der Waals surface area contributed by atoms with Crippen LogP contribution in [0.25, 0.3) is 0 Å². The van der Waals surface area contributed by atoms with Crippen LogP contribution in [0, 0.1) is 0 Å². The van der Waals surface area contributed by atoms with Crippen LogP contribution in [0.5, 0.6) is 11.5 Å². The summed E-state index contributed by atoms with van der Waals surface area (Å²) >= 11 is 0. The molecule has 0 saturated carbocycles. The highest BCUT2D eigenvalue weighted by Crippen LogP contribution is 2.17. The first-order valence-electron chi connectivity index (χ1n) is 7.93. The van der Waals surface area contributed by atoms with Crippen molar-refractivity contribution in [1.29, 1.82) is 0 Å². The summed E-state index contributed by atoms with van der Waals surface area (Å²) in [5.41, 5.74) is 0. The van der Waals surface area contributed by atoms with E-state index in [-0.39, 0.29) is 13.2 Å². The third-order valence-corrected chi connectivity index (χ3v) is 3.19. The first-order valence-corrected chi connectivity index (χ1v) is 7.93. The third kappa shape index (κ3) is 6.21. The number of carbonyl (C=O) groups is 2. The van der Waals surface area contributed by atoms with Gasteiger partial charge in [0.05, 0.1) is 19.4 Å². The highest BCUT2D eigenvalue weighted by atomic mass is 16.6. The highest BCUT2D eigenvalue weighted by molar-refractivity contribution is 5.83. The summed E-state index contributed by atoms with van der Waals surface area (Å²) in [5.74, 6) is 0.806. The molecule has 25 heavy (non-hydrogen) atoms. The third-order valence-electron chi connectivity index (χ3n) is 3.19. The van der Waals surface area contributed by atoms with Crippen LogP contribution in [0.3, 0.4) is 0 Å². The predicted molar refractivity (Wildman–Crippen MR) is 89.2 cm³/mol. The number of hydrogen-bond acceptors (Lipinski definition) is 6. The van der Waals surface area contributed by atoms with Gasteiger partial charge in [-0.25, -0.2) is 4.79 Å². The number of ether oxygens (including phenoxy) is 3. The fraction of sp³-hybridized carbons (Fsp3) is 0.333. The van der Waals surface area contributed by atoms with Gasteiger partial charge in [0.1, 0.15) is 17.3 Å². The topological polar surface area (TPSA) is 87.0 Å². The van der Waals surface area contributed by atoms with Gasteiger partial charge in [0.25, 0.3) is 5.91 Å². The van der Waals surface area contributed by atoms with Crippen LogP contribution in [-0.4, -0.2) is 31.2 Å². The van der Waals surface area contributed by atoms with Gasteiger partial charge in [-0.1, -0.05) is 0 Å². The molecule has 134 valence electrons. The van der Waals surface area contributed by atoms with Gasteiger partial charge in [0.2, 0.25) is 0 Å². The van der Waals surface area contributed by atoms with Crippen LogP contribution in [0.4, 0.5) is 0 Å². The number of hydrogen-bond donors (Lipinski definition) is 1. The maximum Gasteiger partial charge on any atom is 0.344 e. The van der Waals surface area contributed by atoms with Gasteiger partial charge < -0.3 is 23.9 Å². The average molecular weight is 347 g/mol. The van der Waals surface area contributed by atoms with Gasteiger partial charge >= 0.3 is 5.97 Å². The predicted octanol–water partition coefficient (Wildman–Crippen LogP) is 2.31.